The second kappa shape index (κ2) is 20.7. The largest absolute Gasteiger partial charge is 0.464 e. The molecule has 2 aromatic carbocycles. The van der Waals surface area contributed by atoms with Crippen LogP contribution >= 0.6 is 0 Å². The second-order valence-corrected chi connectivity index (χ2v) is 18.1. The maximum absolute atomic E-state index is 14.6. The summed E-state index contributed by atoms with van der Waals surface area (Å²) in [6, 6.07) is 16.6. The minimum Gasteiger partial charge on any atom is -0.464 e. The van der Waals surface area contributed by atoms with Crippen LogP contribution in [0.5, 0.6) is 0 Å². The van der Waals surface area contributed by atoms with E-state index in [2.05, 4.69) is 87.4 Å². The first-order valence-electron chi connectivity index (χ1n) is 22.2. The number of hydrazine groups is 1. The number of esters is 1. The van der Waals surface area contributed by atoms with Gasteiger partial charge in [-0.3, -0.25) is 29.2 Å². The number of methoxy groups -OCH3 is 1. The summed E-state index contributed by atoms with van der Waals surface area (Å²) in [5, 5.41) is 5.57. The lowest BCUT2D eigenvalue weighted by atomic mass is 9.84. The van der Waals surface area contributed by atoms with Crippen LogP contribution < -0.4 is 10.7 Å². The molecule has 3 amide bonds. The number of carbonyl (C=O) groups excluding carboxylic acids is 4. The summed E-state index contributed by atoms with van der Waals surface area (Å²) in [5.41, 5.74) is 10.7. The minimum absolute atomic E-state index is 0.0422. The van der Waals surface area contributed by atoms with E-state index in [1.165, 1.54) is 9.91 Å². The van der Waals surface area contributed by atoms with Crippen LogP contribution in [-0.4, -0.2) is 107 Å². The van der Waals surface area contributed by atoms with E-state index in [1.807, 2.05) is 52.1 Å². The minimum atomic E-state index is -1.02. The average molecular weight is 861 g/mol. The third-order valence-electron chi connectivity index (χ3n) is 11.8. The zero-order valence-electron chi connectivity index (χ0n) is 38.4. The number of aromatic nitrogens is 2. The van der Waals surface area contributed by atoms with Crippen molar-refractivity contribution in [1.82, 2.24) is 30.2 Å². The molecule has 14 heteroatoms. The summed E-state index contributed by atoms with van der Waals surface area (Å²) in [4.78, 5) is 70.3. The Kier molecular flexibility index (Phi) is 15.3. The Labute approximate surface area is 371 Å². The van der Waals surface area contributed by atoms with Gasteiger partial charge in [0.25, 0.3) is 5.91 Å². The highest BCUT2D eigenvalue weighted by atomic mass is 16.5. The van der Waals surface area contributed by atoms with Crippen LogP contribution in [0.1, 0.15) is 84.4 Å². The molecule has 6 bridgehead atoms. The molecule has 0 unspecified atom stereocenters. The molecular formula is C49H64N8O6. The molecular weight excluding hydrogens is 797 g/mol. The van der Waals surface area contributed by atoms with Crippen molar-refractivity contribution in [2.24, 2.45) is 21.3 Å². The van der Waals surface area contributed by atoms with E-state index in [4.69, 9.17) is 9.47 Å². The lowest BCUT2D eigenvalue weighted by molar-refractivity contribution is -0.155. The number of nitrogens with one attached hydrogen (secondary N) is 2. The molecule has 1 saturated heterocycles. The molecule has 336 valence electrons. The molecule has 6 rings (SSSR count). The van der Waals surface area contributed by atoms with Gasteiger partial charge in [0, 0.05) is 74.4 Å². The fourth-order valence-corrected chi connectivity index (χ4v) is 8.72. The molecule has 2 aromatic heterocycles. The second-order valence-electron chi connectivity index (χ2n) is 18.1. The Morgan fingerprint density at radius 2 is 1.89 bits per heavy atom. The molecule has 2 N–H and O–H groups in total. The fourth-order valence-electron chi connectivity index (χ4n) is 8.72. The number of amides is 3. The molecule has 3 atom stereocenters. The Morgan fingerprint density at radius 3 is 2.62 bits per heavy atom. The molecule has 14 nitrogen and oxygen atoms in total. The number of fused-ring (bicyclic) bond motifs is 6. The summed E-state index contributed by atoms with van der Waals surface area (Å²) < 4.78 is 14.1. The van der Waals surface area contributed by atoms with Gasteiger partial charge in [0.1, 0.15) is 18.1 Å². The predicted octanol–water partition coefficient (Wildman–Crippen LogP) is 6.64. The van der Waals surface area contributed by atoms with Gasteiger partial charge in [-0.2, -0.15) is 0 Å². The van der Waals surface area contributed by atoms with Crippen LogP contribution in [0.25, 0.3) is 33.3 Å². The number of rotatable bonds is 12. The first-order valence-corrected chi connectivity index (χ1v) is 22.2. The van der Waals surface area contributed by atoms with Gasteiger partial charge < -0.3 is 24.3 Å². The van der Waals surface area contributed by atoms with Crippen LogP contribution in [0.4, 0.5) is 0 Å². The first-order chi connectivity index (χ1) is 30.1. The van der Waals surface area contributed by atoms with Crippen molar-refractivity contribution in [3.8, 4) is 22.4 Å². The van der Waals surface area contributed by atoms with Crippen LogP contribution in [0.3, 0.4) is 0 Å². The number of cyclic esters (lactones) is 1. The van der Waals surface area contributed by atoms with Gasteiger partial charge in [-0.25, -0.2) is 15.4 Å². The van der Waals surface area contributed by atoms with Gasteiger partial charge in [0.2, 0.25) is 11.8 Å². The van der Waals surface area contributed by atoms with Crippen molar-refractivity contribution in [3.63, 3.8) is 0 Å². The monoisotopic (exact) mass is 860 g/mol. The summed E-state index contributed by atoms with van der Waals surface area (Å²) in [6.45, 7) is 15.7. The standard InChI is InChI=1S/C49H64N8O6/c1-10-56-42-17-16-35-25-37(42)38(45(56)39-27-50-20-18-36(39)28-62-9)26-49(6,7)29-63-48(61)40-15-12-22-57(54-40)47(60)41(24-33-13-11-14-34(35)23-33)53-46(59)44(31(2)3)55(8)43(58)19-21-51-30-52-32(4)5/h11,13-14,16-18,20,23,25,27,31-32,40-41,44,54H,10,12,15,19,21-22,24,26,28-29H2,1-9H3,(H,53,59)/t40-,41-,44-/m0/s1. The van der Waals surface area contributed by atoms with E-state index in [0.29, 0.717) is 39.0 Å². The molecule has 4 aromatic rings. The topological polar surface area (TPSA) is 160 Å². The van der Waals surface area contributed by atoms with Crippen molar-refractivity contribution < 1.29 is 28.7 Å². The molecule has 2 aliphatic rings. The van der Waals surface area contributed by atoms with Crippen molar-refractivity contribution >= 4 is 40.6 Å². The van der Waals surface area contributed by atoms with Crippen LogP contribution in [0, 0.1) is 11.3 Å². The number of aryl methyl sites for hydroxylation is 1. The molecule has 0 saturated carbocycles. The Hall–Kier alpha value is -5.69. The van der Waals surface area contributed by atoms with Crippen LogP contribution in [0.15, 0.2) is 70.9 Å². The van der Waals surface area contributed by atoms with Gasteiger partial charge in [-0.15, -0.1) is 0 Å². The highest BCUT2D eigenvalue weighted by molar-refractivity contribution is 5.96. The Morgan fingerprint density at radius 1 is 1.11 bits per heavy atom. The number of pyridine rings is 1. The molecule has 1 fully saturated rings. The van der Waals surface area contributed by atoms with E-state index in [0.717, 1.165) is 50.0 Å². The first kappa shape index (κ1) is 46.8. The third kappa shape index (κ3) is 11.1. The van der Waals surface area contributed by atoms with Crippen LogP contribution in [-0.2, 0) is 54.6 Å². The lowest BCUT2D eigenvalue weighted by Gasteiger charge is -2.36. The van der Waals surface area contributed by atoms with Gasteiger partial charge >= 0.3 is 5.97 Å². The predicted molar refractivity (Wildman–Crippen MR) is 245 cm³/mol. The van der Waals surface area contributed by atoms with E-state index in [1.54, 1.807) is 20.4 Å². The van der Waals surface area contributed by atoms with Crippen molar-refractivity contribution in [2.75, 3.05) is 33.9 Å². The zero-order chi connectivity index (χ0) is 45.4. The van der Waals surface area contributed by atoms with E-state index in [9.17, 15) is 19.2 Å². The molecule has 4 heterocycles. The summed E-state index contributed by atoms with van der Waals surface area (Å²) in [6.07, 6.45) is 5.58. The van der Waals surface area contributed by atoms with Crippen molar-refractivity contribution in [2.45, 2.75) is 118 Å². The molecule has 0 radical (unpaired) electrons. The van der Waals surface area contributed by atoms with Crippen LogP contribution in [0.2, 0.25) is 0 Å². The molecule has 2 aliphatic heterocycles. The van der Waals surface area contributed by atoms with Crippen molar-refractivity contribution in [3.05, 3.63) is 77.6 Å². The third-order valence-corrected chi connectivity index (χ3v) is 11.8. The number of ether oxygens (including phenoxy) is 2. The van der Waals surface area contributed by atoms with Gasteiger partial charge in [-0.05, 0) is 92.0 Å². The summed E-state index contributed by atoms with van der Waals surface area (Å²) in [5.74, 6) is -1.81. The average Bonchev–Trinajstić information content (AvgIpc) is 3.56. The maximum Gasteiger partial charge on any atom is 0.324 e. The number of nitrogens with zero attached hydrogens (tertiary/aromatic N) is 6. The smallest absolute Gasteiger partial charge is 0.324 e. The Balaban J connectivity index is 1.41. The number of aliphatic imine (C=N–C) groups is 2. The van der Waals surface area contributed by atoms with Gasteiger partial charge in [0.05, 0.1) is 37.5 Å². The Bertz CT molecular complexity index is 2360. The maximum atomic E-state index is 14.6. The highest BCUT2D eigenvalue weighted by Crippen LogP contribution is 2.41. The molecule has 63 heavy (non-hydrogen) atoms. The van der Waals surface area contributed by atoms with E-state index >= 15 is 0 Å². The molecule has 0 aliphatic carbocycles. The summed E-state index contributed by atoms with van der Waals surface area (Å²) in [7, 11) is 3.30. The van der Waals surface area contributed by atoms with E-state index < -0.39 is 35.4 Å². The summed E-state index contributed by atoms with van der Waals surface area (Å²) >= 11 is 0. The van der Waals surface area contributed by atoms with Crippen molar-refractivity contribution in [1.29, 1.82) is 0 Å². The van der Waals surface area contributed by atoms with Gasteiger partial charge in [0.15, 0.2) is 0 Å². The number of carbonyl (C=O) groups is 4. The fraction of sp³-hybridized carbons (Fsp3) is 0.510. The molecule has 0 spiro atoms. The number of benzene rings is 2. The lowest BCUT2D eigenvalue weighted by Crippen LogP contribution is -2.62. The van der Waals surface area contributed by atoms with E-state index in [-0.39, 0.29) is 49.8 Å². The van der Waals surface area contributed by atoms with Gasteiger partial charge in [-0.1, -0.05) is 58.0 Å². The quantitative estimate of drug-likeness (QED) is 0.119. The zero-order valence-corrected chi connectivity index (χ0v) is 38.4. The number of hydrogen-bond donors (Lipinski definition) is 2. The SMILES string of the molecule is CCn1c(-c2cnccc2COC)c2c3cc(ccc31)-c1cccc(c1)C[C@H](NC(=O)[C@H](C(C)C)N(C)C(=O)CCN=C=NC(C)C)C(=O)N1CCC[C@H](N1)C(=O)OCC(C)(C)C2. The number of likely N-dealkylation sites (N-methyl/N-ethyl adjacent to an activating group) is 1. The normalized spacial score (nSPS) is 18.4. The highest BCUT2D eigenvalue weighted by Gasteiger charge is 2.37. The number of hydrogen-bond acceptors (Lipinski definition) is 10.